The lowest BCUT2D eigenvalue weighted by atomic mass is 9.94. The van der Waals surface area contributed by atoms with Crippen LogP contribution in [0.5, 0.6) is 0 Å². The molecule has 2 N–H and O–H groups in total. The van der Waals surface area contributed by atoms with Crippen LogP contribution in [0.3, 0.4) is 0 Å². The summed E-state index contributed by atoms with van der Waals surface area (Å²) in [6.07, 6.45) is 5.39. The number of amides is 2. The summed E-state index contributed by atoms with van der Waals surface area (Å²) in [5.41, 5.74) is 0.401. The molecule has 5 atom stereocenters. The topological polar surface area (TPSA) is 142 Å². The van der Waals surface area contributed by atoms with Gasteiger partial charge in [-0.1, -0.05) is 64.5 Å². The largest absolute Gasteiger partial charge is 0.457 e. The molecule has 0 saturated carbocycles. The molecular weight excluding hydrogens is 639 g/mol. The number of alkyl halides is 1. The van der Waals surface area contributed by atoms with Gasteiger partial charge in [-0.05, 0) is 47.4 Å². The first kappa shape index (κ1) is 38.9. The molecule has 0 spiro atoms. The van der Waals surface area contributed by atoms with Gasteiger partial charge in [-0.25, -0.2) is 14.2 Å². The maximum Gasteiger partial charge on any atom is 0.356 e. The number of esters is 1. The van der Waals surface area contributed by atoms with Gasteiger partial charge in [-0.15, -0.1) is 0 Å². The summed E-state index contributed by atoms with van der Waals surface area (Å²) in [5.74, 6) is 1.74. The highest BCUT2D eigenvalue weighted by molar-refractivity contribution is 8.03. The summed E-state index contributed by atoms with van der Waals surface area (Å²) in [6, 6.07) is 0. The van der Waals surface area contributed by atoms with Crippen LogP contribution in [0.1, 0.15) is 70.8 Å². The van der Waals surface area contributed by atoms with Crippen LogP contribution < -0.4 is 5.32 Å². The smallest absolute Gasteiger partial charge is 0.356 e. The minimum Gasteiger partial charge on any atom is -0.457 e. The van der Waals surface area contributed by atoms with Crippen LogP contribution in [-0.2, 0) is 30.3 Å². The lowest BCUT2D eigenvalue weighted by Gasteiger charge is -2.28. The van der Waals surface area contributed by atoms with Crippen LogP contribution in [0, 0.1) is 11.8 Å². The number of ether oxygens (including phenoxy) is 1. The van der Waals surface area contributed by atoms with Gasteiger partial charge in [-0.3, -0.25) is 18.7 Å². The van der Waals surface area contributed by atoms with E-state index in [1.807, 2.05) is 34.6 Å². The van der Waals surface area contributed by atoms with E-state index in [9.17, 15) is 28.1 Å². The Morgan fingerprint density at radius 2 is 1.94 bits per heavy atom. The number of allylic oxidation sites excluding steroid dienone is 2. The van der Waals surface area contributed by atoms with E-state index in [0.717, 1.165) is 19.4 Å². The lowest BCUT2D eigenvalue weighted by Crippen LogP contribution is -2.37. The maximum atomic E-state index is 14.9. The molecule has 11 nitrogen and oxygen atoms in total. The van der Waals surface area contributed by atoms with Gasteiger partial charge >= 0.3 is 5.97 Å². The lowest BCUT2D eigenvalue weighted by molar-refractivity contribution is -0.149. The molecule has 2 amide bonds. The maximum absolute atomic E-state index is 14.9. The number of oxazole rings is 1. The Morgan fingerprint density at radius 1 is 1.23 bits per heavy atom. The first-order valence-electron chi connectivity index (χ1n) is 16.6. The first-order chi connectivity index (χ1) is 22.7. The Kier molecular flexibility index (Phi) is 14.4. The number of carbonyl (C=O) groups is 3. The number of halogens is 1. The van der Waals surface area contributed by atoms with E-state index in [4.69, 9.17) is 9.15 Å². The number of hydrogen-bond donors (Lipinski definition) is 2. The number of hydrogen-bond acceptors (Lipinski definition) is 9. The Morgan fingerprint density at radius 3 is 2.60 bits per heavy atom. The molecule has 2 aliphatic rings. The van der Waals surface area contributed by atoms with Gasteiger partial charge in [0.2, 0.25) is 5.91 Å². The SMILES string of the molecule is C=S(=O)(CCN(CC)CC)C1=C2C(=O)O[C@H](C(C)C)[C@H](C)/C=C/C(=O)NC/C=C/C(C)=C/[C@@H](O)C[C@@H](F)Cc3nc(co3)C(=O)N2CC1. The molecule has 266 valence electrons. The normalized spacial score (nSPS) is 27.6. The predicted octanol–water partition coefficient (Wildman–Crippen LogP) is 3.81. The van der Waals surface area contributed by atoms with Crippen LogP contribution in [0.2, 0.25) is 0 Å². The molecule has 1 aromatic rings. The van der Waals surface area contributed by atoms with Crippen molar-refractivity contribution in [1.82, 2.24) is 20.1 Å². The number of nitrogens with zero attached hydrogens (tertiary/aromatic N) is 3. The number of nitrogens with one attached hydrogen (secondary N) is 1. The summed E-state index contributed by atoms with van der Waals surface area (Å²) in [4.78, 5) is 48.1. The van der Waals surface area contributed by atoms with E-state index in [-0.39, 0.29) is 72.1 Å². The van der Waals surface area contributed by atoms with Crippen molar-refractivity contribution < 1.29 is 37.2 Å². The Balaban J connectivity index is 2.05. The molecule has 0 fully saturated rings. The summed E-state index contributed by atoms with van der Waals surface area (Å²) >= 11 is 0. The summed E-state index contributed by atoms with van der Waals surface area (Å²) in [5, 5.41) is 13.1. The Labute approximate surface area is 284 Å². The molecule has 13 heteroatoms. The standard InChI is InChI=1S/C35H51FN4O7S/c1-8-39(9-2)17-18-48(7,45)29-14-16-40-32(29)35(44)47-33(23(3)4)25(6)12-13-30(42)37-15-10-11-24(5)19-27(41)20-26(36)21-31-38-28(22-46-31)34(40)43/h10-13,19,22-23,25-27,33,41H,7-9,14-18,20-21H2,1-6H3,(H,37,42)/b11-10+,13-12+,24-19+/t25-,26-,27-,33-,48?/m1/s1. The van der Waals surface area contributed by atoms with Gasteiger partial charge in [-0.2, -0.15) is 0 Å². The quantitative estimate of drug-likeness (QED) is 0.323. The van der Waals surface area contributed by atoms with Gasteiger partial charge < -0.3 is 24.5 Å². The zero-order chi connectivity index (χ0) is 35.6. The summed E-state index contributed by atoms with van der Waals surface area (Å²) < 4.78 is 40.5. The molecule has 1 aromatic heterocycles. The molecule has 0 saturated heterocycles. The van der Waals surface area contributed by atoms with Gasteiger partial charge in [0.1, 0.15) is 24.2 Å². The third kappa shape index (κ3) is 10.7. The molecule has 0 radical (unpaired) electrons. The van der Waals surface area contributed by atoms with E-state index in [1.54, 1.807) is 25.2 Å². The van der Waals surface area contributed by atoms with Crippen molar-refractivity contribution >= 4 is 33.2 Å². The van der Waals surface area contributed by atoms with E-state index in [1.165, 1.54) is 17.1 Å². The van der Waals surface area contributed by atoms with Crippen molar-refractivity contribution in [3.8, 4) is 0 Å². The number of aliphatic hydroxyl groups is 1. The number of aliphatic hydroxyl groups excluding tert-OH is 1. The van der Waals surface area contributed by atoms with E-state index in [2.05, 4.69) is 21.1 Å². The van der Waals surface area contributed by atoms with Crippen LogP contribution in [0.15, 0.2) is 57.2 Å². The zero-order valence-corrected chi connectivity index (χ0v) is 29.8. The van der Waals surface area contributed by atoms with Crippen molar-refractivity contribution in [2.75, 3.05) is 38.5 Å². The van der Waals surface area contributed by atoms with Crippen molar-refractivity contribution in [2.45, 2.75) is 79.2 Å². The van der Waals surface area contributed by atoms with E-state index in [0.29, 0.717) is 12.1 Å². The monoisotopic (exact) mass is 690 g/mol. The Bertz CT molecular complexity index is 1520. The molecule has 3 heterocycles. The van der Waals surface area contributed by atoms with Crippen LogP contribution in [-0.4, -0.2) is 105 Å². The number of aromatic nitrogens is 1. The van der Waals surface area contributed by atoms with Crippen LogP contribution in [0.25, 0.3) is 0 Å². The Hall–Kier alpha value is -3.55. The molecule has 2 aliphatic heterocycles. The predicted molar refractivity (Wildman–Crippen MR) is 185 cm³/mol. The third-order valence-electron chi connectivity index (χ3n) is 8.48. The number of rotatable bonds is 7. The average molecular weight is 691 g/mol. The fraction of sp³-hybridized carbons (Fsp3) is 0.571. The number of fused-ring (bicyclic) bond motifs is 3. The van der Waals surface area contributed by atoms with Gasteiger partial charge in [0, 0.05) is 49.1 Å². The van der Waals surface area contributed by atoms with E-state index < -0.39 is 45.7 Å². The van der Waals surface area contributed by atoms with Gasteiger partial charge in [0.25, 0.3) is 5.91 Å². The highest BCUT2D eigenvalue weighted by Gasteiger charge is 2.39. The second-order valence-corrected chi connectivity index (χ2v) is 15.2. The molecule has 1 unspecified atom stereocenters. The highest BCUT2D eigenvalue weighted by Crippen LogP contribution is 2.32. The fourth-order valence-corrected chi connectivity index (χ4v) is 7.58. The number of cyclic esters (lactones) is 1. The van der Waals surface area contributed by atoms with Crippen molar-refractivity contribution in [2.24, 2.45) is 11.8 Å². The van der Waals surface area contributed by atoms with Crippen molar-refractivity contribution in [3.63, 3.8) is 0 Å². The zero-order valence-electron chi connectivity index (χ0n) is 28.9. The van der Waals surface area contributed by atoms with E-state index >= 15 is 0 Å². The van der Waals surface area contributed by atoms with Gasteiger partial charge in [0.05, 0.1) is 12.5 Å². The summed E-state index contributed by atoms with van der Waals surface area (Å²) in [6.45, 7) is 13.6. The molecule has 2 bridgehead atoms. The van der Waals surface area contributed by atoms with Crippen molar-refractivity contribution in [1.29, 1.82) is 0 Å². The van der Waals surface area contributed by atoms with Crippen LogP contribution >= 0.6 is 0 Å². The third-order valence-corrected chi connectivity index (χ3v) is 10.6. The second kappa shape index (κ2) is 17.7. The molecule has 0 aliphatic carbocycles. The van der Waals surface area contributed by atoms with Crippen molar-refractivity contribution in [3.05, 3.63) is 64.4 Å². The highest BCUT2D eigenvalue weighted by atomic mass is 32.2. The molecule has 0 aromatic carbocycles. The fourth-order valence-electron chi connectivity index (χ4n) is 5.77. The van der Waals surface area contributed by atoms with Gasteiger partial charge in [0.15, 0.2) is 11.6 Å². The van der Waals surface area contributed by atoms with Crippen LogP contribution in [0.4, 0.5) is 4.39 Å². The summed E-state index contributed by atoms with van der Waals surface area (Å²) in [7, 11) is -3.00. The molecule has 48 heavy (non-hydrogen) atoms. The average Bonchev–Trinajstić information content (AvgIpc) is 3.68. The minimum absolute atomic E-state index is 0.0399. The first-order valence-corrected chi connectivity index (χ1v) is 18.5. The molecular formula is C35H51FN4O7S. The number of carbonyl (C=O) groups excluding carboxylic acids is 3. The minimum atomic E-state index is -3.00. The molecule has 3 rings (SSSR count). The second-order valence-electron chi connectivity index (χ2n) is 12.6.